The summed E-state index contributed by atoms with van der Waals surface area (Å²) < 4.78 is 11.2. The molecule has 0 amide bonds. The second kappa shape index (κ2) is 7.48. The molecule has 0 aliphatic carbocycles. The number of hydrogen-bond donors (Lipinski definition) is 2. The van der Waals surface area contributed by atoms with Crippen LogP contribution in [0.15, 0.2) is 24.3 Å². The molecule has 1 aromatic carbocycles. The lowest BCUT2D eigenvalue weighted by Crippen LogP contribution is -2.28. The lowest BCUT2D eigenvalue weighted by atomic mass is 10.2. The van der Waals surface area contributed by atoms with E-state index in [1.54, 1.807) is 0 Å². The van der Waals surface area contributed by atoms with Gasteiger partial charge in [-0.15, -0.1) is 0 Å². The van der Waals surface area contributed by atoms with E-state index in [9.17, 15) is 0 Å². The highest BCUT2D eigenvalue weighted by Gasteiger charge is 2.15. The Kier molecular flexibility index (Phi) is 5.63. The summed E-state index contributed by atoms with van der Waals surface area (Å²) in [6.07, 6.45) is 2.50. The van der Waals surface area contributed by atoms with Gasteiger partial charge in [-0.2, -0.15) is 0 Å². The first-order valence-corrected chi connectivity index (χ1v) is 6.95. The van der Waals surface area contributed by atoms with Crippen molar-refractivity contribution < 1.29 is 14.6 Å². The van der Waals surface area contributed by atoms with E-state index in [1.165, 1.54) is 5.56 Å². The smallest absolute Gasteiger partial charge is 0.119 e. The molecule has 19 heavy (non-hydrogen) atoms. The number of rotatable bonds is 7. The molecule has 2 atom stereocenters. The maximum Gasteiger partial charge on any atom is 0.119 e. The quantitative estimate of drug-likeness (QED) is 0.788. The molecule has 0 spiro atoms. The summed E-state index contributed by atoms with van der Waals surface area (Å²) in [6.45, 7) is 4.37. The average molecular weight is 265 g/mol. The molecule has 0 radical (unpaired) electrons. The van der Waals surface area contributed by atoms with Gasteiger partial charge >= 0.3 is 0 Å². The van der Waals surface area contributed by atoms with Gasteiger partial charge in [0.25, 0.3) is 0 Å². The molecule has 4 nitrogen and oxygen atoms in total. The van der Waals surface area contributed by atoms with E-state index < -0.39 is 0 Å². The summed E-state index contributed by atoms with van der Waals surface area (Å²) in [5.74, 6) is 0.884. The highest BCUT2D eigenvalue weighted by molar-refractivity contribution is 5.27. The van der Waals surface area contributed by atoms with Crippen LogP contribution in [0.3, 0.4) is 0 Å². The van der Waals surface area contributed by atoms with Crippen molar-refractivity contribution >= 4 is 0 Å². The van der Waals surface area contributed by atoms with Crippen LogP contribution in [0.25, 0.3) is 0 Å². The zero-order chi connectivity index (χ0) is 13.5. The molecule has 2 N–H and O–H groups in total. The lowest BCUT2D eigenvalue weighted by Gasteiger charge is -2.13. The summed E-state index contributed by atoms with van der Waals surface area (Å²) in [6, 6.07) is 8.17. The average Bonchev–Trinajstić information content (AvgIpc) is 2.97. The van der Waals surface area contributed by atoms with Gasteiger partial charge in [0, 0.05) is 19.2 Å². The van der Waals surface area contributed by atoms with Crippen LogP contribution < -0.4 is 10.1 Å². The van der Waals surface area contributed by atoms with Crippen molar-refractivity contribution in [3.8, 4) is 5.75 Å². The van der Waals surface area contributed by atoms with Gasteiger partial charge < -0.3 is 19.9 Å². The second-order valence-electron chi connectivity index (χ2n) is 5.05. The zero-order valence-electron chi connectivity index (χ0n) is 11.5. The normalized spacial score (nSPS) is 20.4. The second-order valence-corrected chi connectivity index (χ2v) is 5.05. The van der Waals surface area contributed by atoms with E-state index >= 15 is 0 Å². The first kappa shape index (κ1) is 14.3. The van der Waals surface area contributed by atoms with Gasteiger partial charge in [0.15, 0.2) is 0 Å². The topological polar surface area (TPSA) is 50.7 Å². The highest BCUT2D eigenvalue weighted by atomic mass is 16.5. The summed E-state index contributed by atoms with van der Waals surface area (Å²) in [5, 5.41) is 12.2. The highest BCUT2D eigenvalue weighted by Crippen LogP contribution is 2.16. The molecule has 1 fully saturated rings. The number of hydrogen-bond acceptors (Lipinski definition) is 4. The van der Waals surface area contributed by atoms with Crippen molar-refractivity contribution in [2.75, 3.05) is 19.8 Å². The van der Waals surface area contributed by atoms with Crippen molar-refractivity contribution in [3.63, 3.8) is 0 Å². The molecule has 0 saturated carbocycles. The van der Waals surface area contributed by atoms with Gasteiger partial charge in [-0.05, 0) is 37.5 Å². The predicted octanol–water partition coefficient (Wildman–Crippen LogP) is 1.71. The van der Waals surface area contributed by atoms with Gasteiger partial charge in [-0.3, -0.25) is 0 Å². The fourth-order valence-electron chi connectivity index (χ4n) is 2.03. The molecule has 106 valence electrons. The fraction of sp³-hybridized carbons (Fsp3) is 0.600. The number of ether oxygens (including phenoxy) is 2. The van der Waals surface area contributed by atoms with Gasteiger partial charge in [0.05, 0.1) is 12.7 Å². The maximum absolute atomic E-state index is 8.94. The van der Waals surface area contributed by atoms with Gasteiger partial charge in [-0.1, -0.05) is 12.1 Å². The van der Waals surface area contributed by atoms with Crippen LogP contribution in [0.1, 0.15) is 25.3 Å². The molecular weight excluding hydrogens is 242 g/mol. The lowest BCUT2D eigenvalue weighted by molar-refractivity contribution is 0.0679. The third-order valence-corrected chi connectivity index (χ3v) is 3.31. The van der Waals surface area contributed by atoms with E-state index in [0.29, 0.717) is 6.61 Å². The first-order valence-electron chi connectivity index (χ1n) is 6.95. The van der Waals surface area contributed by atoms with Crippen LogP contribution in [0.2, 0.25) is 0 Å². The predicted molar refractivity (Wildman–Crippen MR) is 74.3 cm³/mol. The molecule has 1 aromatic rings. The Labute approximate surface area is 114 Å². The fourth-order valence-corrected chi connectivity index (χ4v) is 2.03. The molecule has 0 aromatic heterocycles. The van der Waals surface area contributed by atoms with Crippen molar-refractivity contribution in [1.82, 2.24) is 5.32 Å². The van der Waals surface area contributed by atoms with Crippen LogP contribution in [-0.2, 0) is 11.3 Å². The Hall–Kier alpha value is -1.10. The van der Waals surface area contributed by atoms with E-state index in [-0.39, 0.29) is 18.8 Å². The molecule has 1 heterocycles. The zero-order valence-corrected chi connectivity index (χ0v) is 11.5. The Morgan fingerprint density at radius 2 is 2.21 bits per heavy atom. The number of aliphatic hydroxyl groups excluding tert-OH is 1. The van der Waals surface area contributed by atoms with E-state index in [2.05, 4.69) is 5.32 Å². The van der Waals surface area contributed by atoms with Crippen LogP contribution >= 0.6 is 0 Å². The SMILES string of the molecule is CC(CO)NCc1ccc(OCC2CCCO2)cc1. The largest absolute Gasteiger partial charge is 0.491 e. The van der Waals surface area contributed by atoms with Crippen LogP contribution in [0, 0.1) is 0 Å². The molecule has 1 aliphatic heterocycles. The monoisotopic (exact) mass is 265 g/mol. The molecule has 2 rings (SSSR count). The summed E-state index contributed by atoms with van der Waals surface area (Å²) in [7, 11) is 0. The van der Waals surface area contributed by atoms with Gasteiger partial charge in [0.2, 0.25) is 0 Å². The maximum atomic E-state index is 8.94. The molecule has 1 aliphatic rings. The van der Waals surface area contributed by atoms with Crippen molar-refractivity contribution in [3.05, 3.63) is 29.8 Å². The minimum Gasteiger partial charge on any atom is -0.491 e. The number of benzene rings is 1. The third-order valence-electron chi connectivity index (χ3n) is 3.31. The van der Waals surface area contributed by atoms with Gasteiger partial charge in [0.1, 0.15) is 12.4 Å². The third kappa shape index (κ3) is 4.82. The standard InChI is InChI=1S/C15H23NO3/c1-12(10-17)16-9-13-4-6-14(7-5-13)19-11-15-3-2-8-18-15/h4-7,12,15-17H,2-3,8-11H2,1H3. The van der Waals surface area contributed by atoms with Crippen LogP contribution in [-0.4, -0.2) is 37.1 Å². The molecular formula is C15H23NO3. The van der Waals surface area contributed by atoms with Crippen LogP contribution in [0.4, 0.5) is 0 Å². The Morgan fingerprint density at radius 3 is 2.84 bits per heavy atom. The molecule has 1 saturated heterocycles. The first-order chi connectivity index (χ1) is 9.28. The molecule has 2 unspecified atom stereocenters. The van der Waals surface area contributed by atoms with E-state index in [1.807, 2.05) is 31.2 Å². The number of aliphatic hydroxyl groups is 1. The van der Waals surface area contributed by atoms with E-state index in [4.69, 9.17) is 14.6 Å². The molecule has 0 bridgehead atoms. The Balaban J connectivity index is 1.74. The van der Waals surface area contributed by atoms with Gasteiger partial charge in [-0.25, -0.2) is 0 Å². The van der Waals surface area contributed by atoms with Crippen molar-refractivity contribution in [2.45, 2.75) is 38.5 Å². The Bertz CT molecular complexity index is 360. The summed E-state index contributed by atoms with van der Waals surface area (Å²) in [5.41, 5.74) is 1.18. The van der Waals surface area contributed by atoms with Crippen molar-refractivity contribution in [1.29, 1.82) is 0 Å². The summed E-state index contributed by atoms with van der Waals surface area (Å²) >= 11 is 0. The minimum absolute atomic E-state index is 0.121. The molecule has 4 heteroatoms. The minimum atomic E-state index is 0.121. The van der Waals surface area contributed by atoms with Crippen molar-refractivity contribution in [2.24, 2.45) is 0 Å². The number of nitrogens with one attached hydrogen (secondary N) is 1. The van der Waals surface area contributed by atoms with Crippen LogP contribution in [0.5, 0.6) is 5.75 Å². The van der Waals surface area contributed by atoms with E-state index in [0.717, 1.165) is 31.7 Å². The summed E-state index contributed by atoms with van der Waals surface area (Å²) in [4.78, 5) is 0. The Morgan fingerprint density at radius 1 is 1.42 bits per heavy atom.